The predicted molar refractivity (Wildman–Crippen MR) is 71.6 cm³/mol. The van der Waals surface area contributed by atoms with E-state index in [2.05, 4.69) is 5.32 Å². The molecule has 0 atom stereocenters. The molecule has 0 spiro atoms. The number of nitrogens with one attached hydrogen (secondary N) is 1. The molecular weight excluding hydrogens is 267 g/mol. The van der Waals surface area contributed by atoms with Crippen molar-refractivity contribution in [3.05, 3.63) is 58.4 Å². The van der Waals surface area contributed by atoms with Crippen molar-refractivity contribution in [2.45, 2.75) is 6.54 Å². The van der Waals surface area contributed by atoms with Crippen LogP contribution in [0.4, 0.5) is 10.1 Å². The summed E-state index contributed by atoms with van der Waals surface area (Å²) in [4.78, 5) is 0. The summed E-state index contributed by atoms with van der Waals surface area (Å²) in [5.74, 6) is -0.514. The van der Waals surface area contributed by atoms with E-state index in [9.17, 15) is 9.50 Å². The van der Waals surface area contributed by atoms with Crippen molar-refractivity contribution >= 4 is 17.3 Å². The van der Waals surface area contributed by atoms with Gasteiger partial charge in [-0.1, -0.05) is 17.7 Å². The third-order valence-corrected chi connectivity index (χ3v) is 2.90. The molecule has 2 N–H and O–H groups in total. The zero-order chi connectivity index (χ0) is 13.8. The lowest BCUT2D eigenvalue weighted by Crippen LogP contribution is -2.00. The van der Waals surface area contributed by atoms with Crippen LogP contribution in [0.2, 0.25) is 5.02 Å². The molecule has 0 saturated carbocycles. The summed E-state index contributed by atoms with van der Waals surface area (Å²) in [6.45, 7) is 0.455. The van der Waals surface area contributed by atoms with Crippen LogP contribution in [0.15, 0.2) is 36.4 Å². The number of hydrogen-bond acceptors (Lipinski definition) is 3. The fraction of sp³-hybridized carbons (Fsp3) is 0.0714. The SMILES string of the molecule is N#Cc1cc(NCc2ccc(O)c(Cl)c2)ccc1F. The molecular formula is C14H10ClFN2O. The largest absolute Gasteiger partial charge is 0.506 e. The summed E-state index contributed by atoms with van der Waals surface area (Å²) in [6.07, 6.45) is 0. The molecule has 0 heterocycles. The first-order valence-corrected chi connectivity index (χ1v) is 5.89. The second-order valence-electron chi connectivity index (χ2n) is 3.95. The molecule has 2 aromatic carbocycles. The minimum absolute atomic E-state index is 0.00580. The summed E-state index contributed by atoms with van der Waals surface area (Å²) < 4.78 is 13.1. The van der Waals surface area contributed by atoms with E-state index in [1.54, 1.807) is 24.3 Å². The second-order valence-corrected chi connectivity index (χ2v) is 4.35. The van der Waals surface area contributed by atoms with Crippen LogP contribution in [0.3, 0.4) is 0 Å². The second kappa shape index (κ2) is 5.59. The van der Waals surface area contributed by atoms with Crippen LogP contribution in [-0.4, -0.2) is 5.11 Å². The highest BCUT2D eigenvalue weighted by Gasteiger charge is 2.03. The van der Waals surface area contributed by atoms with Gasteiger partial charge >= 0.3 is 0 Å². The maximum atomic E-state index is 13.1. The number of phenolic OH excluding ortho intramolecular Hbond substituents is 1. The van der Waals surface area contributed by atoms with Gasteiger partial charge in [-0.3, -0.25) is 0 Å². The molecule has 0 bridgehead atoms. The van der Waals surface area contributed by atoms with Gasteiger partial charge in [0.1, 0.15) is 17.6 Å². The first-order valence-electron chi connectivity index (χ1n) is 5.51. The maximum Gasteiger partial charge on any atom is 0.141 e. The lowest BCUT2D eigenvalue weighted by molar-refractivity contribution is 0.475. The molecule has 0 amide bonds. The number of anilines is 1. The Kier molecular flexibility index (Phi) is 3.88. The maximum absolute atomic E-state index is 13.1. The summed E-state index contributed by atoms with van der Waals surface area (Å²) in [5, 5.41) is 21.4. The van der Waals surface area contributed by atoms with Gasteiger partial charge in [0.2, 0.25) is 0 Å². The summed E-state index contributed by atoms with van der Waals surface area (Å²) >= 11 is 5.79. The molecule has 0 aliphatic heterocycles. The van der Waals surface area contributed by atoms with E-state index in [-0.39, 0.29) is 16.3 Å². The van der Waals surface area contributed by atoms with Crippen LogP contribution in [0.1, 0.15) is 11.1 Å². The molecule has 2 aromatic rings. The van der Waals surface area contributed by atoms with Gasteiger partial charge in [0.15, 0.2) is 0 Å². The molecule has 0 aromatic heterocycles. The summed E-state index contributed by atoms with van der Waals surface area (Å²) in [6, 6.07) is 10.9. The number of rotatable bonds is 3. The number of aromatic hydroxyl groups is 1. The minimum atomic E-state index is -0.541. The minimum Gasteiger partial charge on any atom is -0.506 e. The third-order valence-electron chi connectivity index (χ3n) is 2.60. The smallest absolute Gasteiger partial charge is 0.141 e. The van der Waals surface area contributed by atoms with Crippen molar-refractivity contribution < 1.29 is 9.50 Å². The van der Waals surface area contributed by atoms with Crippen LogP contribution in [0.5, 0.6) is 5.75 Å². The highest BCUT2D eigenvalue weighted by atomic mass is 35.5. The Hall–Kier alpha value is -2.25. The first kappa shape index (κ1) is 13.2. The Balaban J connectivity index is 2.10. The number of halogens is 2. The van der Waals surface area contributed by atoms with E-state index in [1.165, 1.54) is 18.2 Å². The molecule has 96 valence electrons. The van der Waals surface area contributed by atoms with E-state index in [1.807, 2.05) is 0 Å². The van der Waals surface area contributed by atoms with Gasteiger partial charge < -0.3 is 10.4 Å². The van der Waals surface area contributed by atoms with Gasteiger partial charge in [-0.25, -0.2) is 4.39 Å². The lowest BCUT2D eigenvalue weighted by atomic mass is 10.2. The molecule has 19 heavy (non-hydrogen) atoms. The quantitative estimate of drug-likeness (QED) is 0.899. The van der Waals surface area contributed by atoms with Crippen molar-refractivity contribution in [2.75, 3.05) is 5.32 Å². The van der Waals surface area contributed by atoms with Crippen molar-refractivity contribution in [1.82, 2.24) is 0 Å². The molecule has 0 saturated heterocycles. The number of nitrogens with zero attached hydrogens (tertiary/aromatic N) is 1. The third kappa shape index (κ3) is 3.15. The van der Waals surface area contributed by atoms with Crippen molar-refractivity contribution in [3.63, 3.8) is 0 Å². The van der Waals surface area contributed by atoms with Gasteiger partial charge in [-0.15, -0.1) is 0 Å². The topological polar surface area (TPSA) is 56.0 Å². The zero-order valence-electron chi connectivity index (χ0n) is 9.82. The van der Waals surface area contributed by atoms with Gasteiger partial charge in [-0.05, 0) is 35.9 Å². The van der Waals surface area contributed by atoms with Crippen LogP contribution in [-0.2, 0) is 6.54 Å². The fourth-order valence-corrected chi connectivity index (χ4v) is 1.79. The monoisotopic (exact) mass is 276 g/mol. The molecule has 0 fully saturated rings. The Labute approximate surface area is 114 Å². The Morgan fingerprint density at radius 2 is 2.05 bits per heavy atom. The normalized spacial score (nSPS) is 9.95. The summed E-state index contributed by atoms with van der Waals surface area (Å²) in [7, 11) is 0. The Morgan fingerprint density at radius 3 is 2.74 bits per heavy atom. The van der Waals surface area contributed by atoms with Crippen LogP contribution in [0.25, 0.3) is 0 Å². The average Bonchev–Trinajstić information content (AvgIpc) is 2.41. The van der Waals surface area contributed by atoms with E-state index < -0.39 is 5.82 Å². The van der Waals surface area contributed by atoms with E-state index in [0.29, 0.717) is 12.2 Å². The van der Waals surface area contributed by atoms with Gasteiger partial charge in [0.25, 0.3) is 0 Å². The molecule has 5 heteroatoms. The molecule has 0 aliphatic rings. The van der Waals surface area contributed by atoms with E-state index in [4.69, 9.17) is 16.9 Å². The summed E-state index contributed by atoms with van der Waals surface area (Å²) in [5.41, 5.74) is 1.50. The molecule has 3 nitrogen and oxygen atoms in total. The van der Waals surface area contributed by atoms with E-state index in [0.717, 1.165) is 5.56 Å². The number of phenols is 1. The molecule has 0 aliphatic carbocycles. The van der Waals surface area contributed by atoms with Gasteiger partial charge in [0.05, 0.1) is 10.6 Å². The van der Waals surface area contributed by atoms with Crippen molar-refractivity contribution in [3.8, 4) is 11.8 Å². The fourth-order valence-electron chi connectivity index (χ4n) is 1.59. The number of nitriles is 1. The molecule has 0 unspecified atom stereocenters. The highest BCUT2D eigenvalue weighted by molar-refractivity contribution is 6.32. The number of hydrogen-bond donors (Lipinski definition) is 2. The predicted octanol–water partition coefficient (Wildman–Crippen LogP) is 3.67. The molecule has 2 rings (SSSR count). The van der Waals surface area contributed by atoms with Crippen LogP contribution < -0.4 is 5.32 Å². The standard InChI is InChI=1S/C14H10ClFN2O/c15-12-5-9(1-4-14(12)19)8-18-11-2-3-13(16)10(6-11)7-17/h1-6,18-19H,8H2. The van der Waals surface area contributed by atoms with E-state index >= 15 is 0 Å². The van der Waals surface area contributed by atoms with Crippen molar-refractivity contribution in [2.24, 2.45) is 0 Å². The Morgan fingerprint density at radius 1 is 1.26 bits per heavy atom. The zero-order valence-corrected chi connectivity index (χ0v) is 10.6. The lowest BCUT2D eigenvalue weighted by Gasteiger charge is -2.08. The first-order chi connectivity index (χ1) is 9.10. The van der Waals surface area contributed by atoms with Crippen molar-refractivity contribution in [1.29, 1.82) is 5.26 Å². The average molecular weight is 277 g/mol. The van der Waals surface area contributed by atoms with Gasteiger partial charge in [-0.2, -0.15) is 5.26 Å². The Bertz CT molecular complexity index is 652. The van der Waals surface area contributed by atoms with Crippen LogP contribution >= 0.6 is 11.6 Å². The van der Waals surface area contributed by atoms with Crippen LogP contribution in [0, 0.1) is 17.1 Å². The van der Waals surface area contributed by atoms with Gasteiger partial charge in [0, 0.05) is 12.2 Å². The molecule has 0 radical (unpaired) electrons. The number of benzene rings is 2. The highest BCUT2D eigenvalue weighted by Crippen LogP contribution is 2.24.